The van der Waals surface area contributed by atoms with Gasteiger partial charge in [-0.25, -0.2) is 4.79 Å². The second-order valence-corrected chi connectivity index (χ2v) is 10.4. The zero-order valence-electron chi connectivity index (χ0n) is 22.6. The third-order valence-electron chi connectivity index (χ3n) is 7.90. The molecule has 39 heavy (non-hydrogen) atoms. The van der Waals surface area contributed by atoms with E-state index in [4.69, 9.17) is 9.57 Å². The summed E-state index contributed by atoms with van der Waals surface area (Å²) in [5.74, 6) is 0.271. The molecule has 1 atom stereocenters. The van der Waals surface area contributed by atoms with Crippen LogP contribution in [0.5, 0.6) is 5.75 Å². The van der Waals surface area contributed by atoms with Crippen molar-refractivity contribution in [3.05, 3.63) is 88.5 Å². The van der Waals surface area contributed by atoms with Crippen molar-refractivity contribution in [2.75, 3.05) is 0 Å². The third kappa shape index (κ3) is 4.44. The molecule has 0 amide bonds. The van der Waals surface area contributed by atoms with Crippen LogP contribution in [0.1, 0.15) is 73.0 Å². The Morgan fingerprint density at radius 1 is 1.08 bits per heavy atom. The van der Waals surface area contributed by atoms with Crippen LogP contribution < -0.4 is 4.74 Å². The number of ketones is 1. The van der Waals surface area contributed by atoms with Crippen molar-refractivity contribution in [3.8, 4) is 5.75 Å². The van der Waals surface area contributed by atoms with E-state index in [1.54, 1.807) is 0 Å². The lowest BCUT2D eigenvalue weighted by atomic mass is 9.93. The number of aryl methyl sites for hydroxylation is 2. The van der Waals surface area contributed by atoms with E-state index in [1.807, 2.05) is 55.5 Å². The van der Waals surface area contributed by atoms with Crippen LogP contribution >= 0.6 is 0 Å². The van der Waals surface area contributed by atoms with Gasteiger partial charge in [0.1, 0.15) is 17.6 Å². The first-order chi connectivity index (χ1) is 19.0. The Bertz CT molecular complexity index is 1690. The summed E-state index contributed by atoms with van der Waals surface area (Å²) in [7, 11) is 0. The Morgan fingerprint density at radius 2 is 1.90 bits per heavy atom. The van der Waals surface area contributed by atoms with Gasteiger partial charge in [0, 0.05) is 47.5 Å². The molecule has 0 bridgehead atoms. The number of rotatable bonds is 6. The summed E-state index contributed by atoms with van der Waals surface area (Å²) in [6.07, 6.45) is 7.19. The Balaban J connectivity index is 1.52. The van der Waals surface area contributed by atoms with Gasteiger partial charge >= 0.3 is 5.97 Å². The quantitative estimate of drug-likeness (QED) is 0.116. The second-order valence-electron chi connectivity index (χ2n) is 10.4. The van der Waals surface area contributed by atoms with E-state index in [1.165, 1.54) is 25.3 Å². The van der Waals surface area contributed by atoms with Gasteiger partial charge in [0.25, 0.3) is 0 Å². The lowest BCUT2D eigenvalue weighted by Crippen LogP contribution is -2.23. The van der Waals surface area contributed by atoms with Crippen molar-refractivity contribution >= 4 is 39.3 Å². The molecule has 0 fully saturated rings. The predicted octanol–water partition coefficient (Wildman–Crippen LogP) is 7.27. The molecule has 2 heterocycles. The summed E-state index contributed by atoms with van der Waals surface area (Å²) in [6.45, 7) is 6.20. The van der Waals surface area contributed by atoms with E-state index in [-0.39, 0.29) is 11.9 Å². The van der Waals surface area contributed by atoms with Crippen molar-refractivity contribution < 1.29 is 19.2 Å². The SMILES string of the molecule is CCn1c2ccc(C(=O)c3ccccc3C)cc2c2c3c(ccc21)/C(=N/OC(C)=O)C(CC1=CCCCC1)O3. The molecule has 1 aliphatic heterocycles. The van der Waals surface area contributed by atoms with Crippen LogP contribution in [0.25, 0.3) is 21.8 Å². The molecule has 1 unspecified atom stereocenters. The van der Waals surface area contributed by atoms with E-state index in [2.05, 4.69) is 28.8 Å². The summed E-state index contributed by atoms with van der Waals surface area (Å²) >= 11 is 0. The normalized spacial score (nSPS) is 17.8. The van der Waals surface area contributed by atoms with Crippen LogP contribution in [-0.4, -0.2) is 28.1 Å². The fourth-order valence-corrected chi connectivity index (χ4v) is 6.01. The van der Waals surface area contributed by atoms with Gasteiger partial charge in [0.15, 0.2) is 5.78 Å². The maximum atomic E-state index is 13.5. The van der Waals surface area contributed by atoms with Gasteiger partial charge in [-0.05, 0) is 75.4 Å². The first-order valence-corrected chi connectivity index (χ1v) is 13.8. The van der Waals surface area contributed by atoms with Gasteiger partial charge in [-0.3, -0.25) is 4.79 Å². The minimum atomic E-state index is -0.463. The van der Waals surface area contributed by atoms with Crippen LogP contribution in [-0.2, 0) is 16.2 Å². The van der Waals surface area contributed by atoms with Gasteiger partial charge in [-0.2, -0.15) is 0 Å². The largest absolute Gasteiger partial charge is 0.482 e. The molecule has 6 rings (SSSR count). The fourth-order valence-electron chi connectivity index (χ4n) is 6.01. The number of allylic oxidation sites excluding steroid dienone is 1. The van der Waals surface area contributed by atoms with E-state index in [9.17, 15) is 9.59 Å². The Morgan fingerprint density at radius 3 is 2.64 bits per heavy atom. The standard InChI is InChI=1S/C33H32N2O4/c1-4-35-27-16-14-23(32(37)24-13-9-8-10-20(24)2)19-26(27)30-28(35)17-15-25-31(34-39-21(3)36)29(38-33(25)30)18-22-11-6-5-7-12-22/h8-11,13-17,19,29H,4-7,12,18H2,1-3H3/b34-31-. The number of benzene rings is 3. The molecule has 2 aliphatic rings. The number of hydrogen-bond donors (Lipinski definition) is 0. The zero-order valence-corrected chi connectivity index (χ0v) is 22.6. The number of nitrogens with zero attached hydrogens (tertiary/aromatic N) is 2. The van der Waals surface area contributed by atoms with Crippen LogP contribution in [0.4, 0.5) is 0 Å². The second kappa shape index (κ2) is 10.2. The van der Waals surface area contributed by atoms with E-state index in [0.29, 0.717) is 23.3 Å². The summed E-state index contributed by atoms with van der Waals surface area (Å²) in [5.41, 5.74) is 7.20. The average Bonchev–Trinajstić information content (AvgIpc) is 3.46. The smallest absolute Gasteiger partial charge is 0.331 e. The number of aromatic nitrogens is 1. The maximum absolute atomic E-state index is 13.5. The first kappa shape index (κ1) is 25.1. The van der Waals surface area contributed by atoms with Crippen LogP contribution in [0.15, 0.2) is 71.4 Å². The number of ether oxygens (including phenoxy) is 1. The molecule has 0 saturated carbocycles. The summed E-state index contributed by atoms with van der Waals surface area (Å²) in [5, 5.41) is 6.20. The molecule has 0 N–H and O–H groups in total. The van der Waals surface area contributed by atoms with Crippen molar-refractivity contribution in [1.82, 2.24) is 4.57 Å². The lowest BCUT2D eigenvalue weighted by Gasteiger charge is -2.17. The minimum Gasteiger partial charge on any atom is -0.482 e. The molecule has 1 aliphatic carbocycles. The lowest BCUT2D eigenvalue weighted by molar-refractivity contribution is -0.140. The summed E-state index contributed by atoms with van der Waals surface area (Å²) in [6, 6.07) is 17.7. The highest BCUT2D eigenvalue weighted by Crippen LogP contribution is 2.44. The van der Waals surface area contributed by atoms with E-state index < -0.39 is 5.97 Å². The molecule has 0 spiro atoms. The number of carbonyl (C=O) groups is 2. The highest BCUT2D eigenvalue weighted by Gasteiger charge is 2.35. The van der Waals surface area contributed by atoms with Gasteiger partial charge in [0.05, 0.1) is 10.9 Å². The van der Waals surface area contributed by atoms with Crippen molar-refractivity contribution in [2.24, 2.45) is 5.16 Å². The number of oxime groups is 1. The molecule has 3 aromatic carbocycles. The Kier molecular flexibility index (Phi) is 6.55. The molecular formula is C33H32N2O4. The van der Waals surface area contributed by atoms with E-state index >= 15 is 0 Å². The van der Waals surface area contributed by atoms with Gasteiger partial charge in [0.2, 0.25) is 0 Å². The molecule has 0 radical (unpaired) electrons. The number of carbonyl (C=O) groups excluding carboxylic acids is 2. The average molecular weight is 521 g/mol. The Labute approximate surface area is 227 Å². The van der Waals surface area contributed by atoms with Crippen molar-refractivity contribution in [2.45, 2.75) is 65.5 Å². The van der Waals surface area contributed by atoms with Gasteiger partial charge < -0.3 is 14.1 Å². The Hall–Kier alpha value is -4.19. The van der Waals surface area contributed by atoms with Crippen molar-refractivity contribution in [1.29, 1.82) is 0 Å². The minimum absolute atomic E-state index is 0.000107. The molecule has 1 aromatic heterocycles. The highest BCUT2D eigenvalue weighted by molar-refractivity contribution is 6.20. The highest BCUT2D eigenvalue weighted by atomic mass is 16.7. The molecular weight excluding hydrogens is 488 g/mol. The van der Waals surface area contributed by atoms with Crippen LogP contribution in [0.2, 0.25) is 0 Å². The molecule has 4 aromatic rings. The van der Waals surface area contributed by atoms with Gasteiger partial charge in [-0.1, -0.05) is 41.1 Å². The molecule has 0 saturated heterocycles. The zero-order chi connectivity index (χ0) is 27.1. The molecule has 6 heteroatoms. The molecule has 6 nitrogen and oxygen atoms in total. The summed E-state index contributed by atoms with van der Waals surface area (Å²) in [4.78, 5) is 30.3. The third-order valence-corrected chi connectivity index (χ3v) is 7.90. The predicted molar refractivity (Wildman–Crippen MR) is 154 cm³/mol. The fraction of sp³-hybridized carbons (Fsp3) is 0.303. The first-order valence-electron chi connectivity index (χ1n) is 13.8. The maximum Gasteiger partial charge on any atom is 0.331 e. The number of fused-ring (bicyclic) bond motifs is 5. The van der Waals surface area contributed by atoms with E-state index in [0.717, 1.165) is 58.1 Å². The monoisotopic (exact) mass is 520 g/mol. The van der Waals surface area contributed by atoms with Crippen LogP contribution in [0.3, 0.4) is 0 Å². The molecule has 198 valence electrons. The summed E-state index contributed by atoms with van der Waals surface area (Å²) < 4.78 is 8.92. The number of hydrogen-bond acceptors (Lipinski definition) is 5. The van der Waals surface area contributed by atoms with Crippen molar-refractivity contribution in [3.63, 3.8) is 0 Å². The topological polar surface area (TPSA) is 69.9 Å². The van der Waals surface area contributed by atoms with Crippen LogP contribution in [0, 0.1) is 6.92 Å². The van der Waals surface area contributed by atoms with Gasteiger partial charge in [-0.15, -0.1) is 0 Å².